The van der Waals surface area contributed by atoms with E-state index in [4.69, 9.17) is 15.5 Å². The second-order valence-electron chi connectivity index (χ2n) is 7.69. The number of nitrogens with zero attached hydrogens (tertiary/aromatic N) is 4. The number of carbonyl (C=O) groups is 1. The molecule has 0 radical (unpaired) electrons. The first-order chi connectivity index (χ1) is 14.5. The molecule has 7 nitrogen and oxygen atoms in total. The van der Waals surface area contributed by atoms with Gasteiger partial charge >= 0.3 is 0 Å². The summed E-state index contributed by atoms with van der Waals surface area (Å²) in [5, 5.41) is 0.764. The molecule has 2 aromatic heterocycles. The molecule has 4 rings (SSSR count). The molecule has 0 spiro atoms. The van der Waals surface area contributed by atoms with E-state index in [1.165, 1.54) is 0 Å². The average molecular weight is 406 g/mol. The molecule has 3 heterocycles. The van der Waals surface area contributed by atoms with Crippen molar-refractivity contribution in [2.24, 2.45) is 0 Å². The summed E-state index contributed by atoms with van der Waals surface area (Å²) in [5.74, 6) is 1.30. The van der Waals surface area contributed by atoms with Gasteiger partial charge in [0.05, 0.1) is 12.0 Å². The highest BCUT2D eigenvalue weighted by atomic mass is 16.5. The fourth-order valence-electron chi connectivity index (χ4n) is 3.94. The van der Waals surface area contributed by atoms with E-state index < -0.39 is 0 Å². The lowest BCUT2D eigenvalue weighted by Crippen LogP contribution is -2.39. The number of piperidine rings is 1. The van der Waals surface area contributed by atoms with Gasteiger partial charge in [-0.25, -0.2) is 15.0 Å². The minimum atomic E-state index is 0.0610. The van der Waals surface area contributed by atoms with E-state index in [1.54, 1.807) is 0 Å². The maximum Gasteiger partial charge on any atom is 0.253 e. The van der Waals surface area contributed by atoms with Crippen molar-refractivity contribution in [3.05, 3.63) is 59.0 Å². The quantitative estimate of drug-likeness (QED) is 0.698. The fraction of sp³-hybridized carbons (Fsp3) is 0.391. The number of anilines is 1. The number of ether oxygens (including phenoxy) is 1. The Hall–Kier alpha value is -3.06. The van der Waals surface area contributed by atoms with Crippen molar-refractivity contribution in [3.63, 3.8) is 0 Å². The van der Waals surface area contributed by atoms with Crippen LogP contribution in [0.15, 0.2) is 36.4 Å². The van der Waals surface area contributed by atoms with E-state index >= 15 is 0 Å². The number of aromatic nitrogens is 3. The third kappa shape index (κ3) is 4.26. The van der Waals surface area contributed by atoms with Crippen molar-refractivity contribution in [2.75, 3.05) is 25.4 Å². The minimum Gasteiger partial charge on any atom is -0.383 e. The van der Waals surface area contributed by atoms with Crippen molar-refractivity contribution in [1.82, 2.24) is 19.9 Å². The van der Waals surface area contributed by atoms with Gasteiger partial charge in [0.15, 0.2) is 5.65 Å². The molecule has 0 bridgehead atoms. The predicted molar refractivity (Wildman–Crippen MR) is 116 cm³/mol. The standard InChI is InChI=1S/C23H27N5O2/c1-3-30-14-16-6-8-17(9-7-16)23(29)28-12-4-5-18(13-28)20-11-10-19-21(24)25-15(2)26-22(19)27-20/h6-11,18H,3-5,12-14H2,1-2H3,(H2,24,25,26,27). The van der Waals surface area contributed by atoms with Crippen LogP contribution in [0.5, 0.6) is 0 Å². The van der Waals surface area contributed by atoms with E-state index in [1.807, 2.05) is 55.1 Å². The Bertz CT molecular complexity index is 1050. The molecule has 1 amide bonds. The van der Waals surface area contributed by atoms with E-state index in [2.05, 4.69) is 9.97 Å². The number of benzene rings is 1. The number of hydrogen-bond donors (Lipinski definition) is 1. The molecular weight excluding hydrogens is 378 g/mol. The average Bonchev–Trinajstić information content (AvgIpc) is 2.77. The van der Waals surface area contributed by atoms with Gasteiger partial charge in [-0.15, -0.1) is 0 Å². The Balaban J connectivity index is 1.50. The topological polar surface area (TPSA) is 94.2 Å². The van der Waals surface area contributed by atoms with Gasteiger partial charge in [-0.1, -0.05) is 12.1 Å². The summed E-state index contributed by atoms with van der Waals surface area (Å²) in [4.78, 5) is 28.3. The number of amides is 1. The second kappa shape index (κ2) is 8.75. The molecule has 156 valence electrons. The van der Waals surface area contributed by atoms with Crippen LogP contribution in [-0.2, 0) is 11.3 Å². The third-order valence-electron chi connectivity index (χ3n) is 5.52. The van der Waals surface area contributed by atoms with Crippen molar-refractivity contribution in [1.29, 1.82) is 0 Å². The summed E-state index contributed by atoms with van der Waals surface area (Å²) < 4.78 is 5.43. The number of pyridine rings is 1. The number of rotatable bonds is 5. The summed E-state index contributed by atoms with van der Waals surface area (Å²) in [6.07, 6.45) is 1.94. The zero-order valence-corrected chi connectivity index (χ0v) is 17.5. The van der Waals surface area contributed by atoms with Crippen LogP contribution in [0.4, 0.5) is 5.82 Å². The molecule has 7 heteroatoms. The SMILES string of the molecule is CCOCc1ccc(C(=O)N2CCCC(c3ccc4c(N)nc(C)nc4n3)C2)cc1. The lowest BCUT2D eigenvalue weighted by molar-refractivity contribution is 0.0706. The summed E-state index contributed by atoms with van der Waals surface area (Å²) in [6, 6.07) is 11.6. The number of aryl methyl sites for hydroxylation is 1. The number of likely N-dealkylation sites (tertiary alicyclic amines) is 1. The van der Waals surface area contributed by atoms with Crippen LogP contribution in [0.1, 0.15) is 53.1 Å². The number of carbonyl (C=O) groups excluding carboxylic acids is 1. The zero-order valence-electron chi connectivity index (χ0n) is 17.5. The molecule has 30 heavy (non-hydrogen) atoms. The van der Waals surface area contributed by atoms with E-state index in [0.29, 0.717) is 42.6 Å². The Morgan fingerprint density at radius 3 is 2.73 bits per heavy atom. The number of nitrogen functional groups attached to an aromatic ring is 1. The predicted octanol–water partition coefficient (Wildman–Crippen LogP) is 3.47. The smallest absolute Gasteiger partial charge is 0.253 e. The van der Waals surface area contributed by atoms with Crippen LogP contribution < -0.4 is 5.73 Å². The highest BCUT2D eigenvalue weighted by molar-refractivity contribution is 5.94. The molecule has 1 unspecified atom stereocenters. The van der Waals surface area contributed by atoms with Gasteiger partial charge in [-0.05, 0) is 56.5 Å². The first kappa shape index (κ1) is 20.2. The molecule has 2 N–H and O–H groups in total. The van der Waals surface area contributed by atoms with Crippen LogP contribution in [-0.4, -0.2) is 45.5 Å². The lowest BCUT2D eigenvalue weighted by Gasteiger charge is -2.32. The molecular formula is C23H27N5O2. The number of hydrogen-bond acceptors (Lipinski definition) is 6. The van der Waals surface area contributed by atoms with Gasteiger partial charge in [-0.3, -0.25) is 4.79 Å². The van der Waals surface area contributed by atoms with E-state index in [9.17, 15) is 4.79 Å². The van der Waals surface area contributed by atoms with Crippen LogP contribution >= 0.6 is 0 Å². The first-order valence-electron chi connectivity index (χ1n) is 10.4. The highest BCUT2D eigenvalue weighted by Gasteiger charge is 2.26. The second-order valence-corrected chi connectivity index (χ2v) is 7.69. The van der Waals surface area contributed by atoms with Crippen molar-refractivity contribution in [2.45, 2.75) is 39.2 Å². The van der Waals surface area contributed by atoms with Gasteiger partial charge in [0.1, 0.15) is 11.6 Å². The molecule has 3 aromatic rings. The van der Waals surface area contributed by atoms with Gasteiger partial charge in [0, 0.05) is 36.9 Å². The molecule has 1 atom stereocenters. The molecule has 1 saturated heterocycles. The summed E-state index contributed by atoms with van der Waals surface area (Å²) in [6.45, 7) is 6.44. The Morgan fingerprint density at radius 1 is 1.17 bits per heavy atom. The molecule has 1 fully saturated rings. The summed E-state index contributed by atoms with van der Waals surface area (Å²) in [5.41, 5.74) is 9.34. The number of fused-ring (bicyclic) bond motifs is 1. The maximum absolute atomic E-state index is 13.0. The molecule has 1 aliphatic heterocycles. The monoisotopic (exact) mass is 405 g/mol. The van der Waals surface area contributed by atoms with Crippen LogP contribution in [0.2, 0.25) is 0 Å². The summed E-state index contributed by atoms with van der Waals surface area (Å²) in [7, 11) is 0. The van der Waals surface area contributed by atoms with E-state index in [-0.39, 0.29) is 11.8 Å². The van der Waals surface area contributed by atoms with Gasteiger partial charge in [0.25, 0.3) is 5.91 Å². The number of nitrogens with two attached hydrogens (primary N) is 1. The van der Waals surface area contributed by atoms with E-state index in [0.717, 1.165) is 36.0 Å². The zero-order chi connectivity index (χ0) is 21.1. The Kier molecular flexibility index (Phi) is 5.90. The van der Waals surface area contributed by atoms with Crippen molar-refractivity contribution < 1.29 is 9.53 Å². The maximum atomic E-state index is 13.0. The first-order valence-corrected chi connectivity index (χ1v) is 10.4. The van der Waals surface area contributed by atoms with Crippen LogP contribution in [0.3, 0.4) is 0 Å². The van der Waals surface area contributed by atoms with Gasteiger partial charge in [-0.2, -0.15) is 0 Å². The van der Waals surface area contributed by atoms with Gasteiger partial charge in [0.2, 0.25) is 0 Å². The largest absolute Gasteiger partial charge is 0.383 e. The third-order valence-corrected chi connectivity index (χ3v) is 5.52. The molecule has 0 aliphatic carbocycles. The highest BCUT2D eigenvalue weighted by Crippen LogP contribution is 2.28. The van der Waals surface area contributed by atoms with Gasteiger partial charge < -0.3 is 15.4 Å². The minimum absolute atomic E-state index is 0.0610. The lowest BCUT2D eigenvalue weighted by atomic mass is 9.93. The van der Waals surface area contributed by atoms with Crippen LogP contribution in [0, 0.1) is 6.92 Å². The summed E-state index contributed by atoms with van der Waals surface area (Å²) >= 11 is 0. The molecule has 1 aromatic carbocycles. The van der Waals surface area contributed by atoms with Crippen molar-refractivity contribution in [3.8, 4) is 0 Å². The normalized spacial score (nSPS) is 16.7. The Morgan fingerprint density at radius 2 is 1.97 bits per heavy atom. The Labute approximate surface area is 176 Å². The fourth-order valence-corrected chi connectivity index (χ4v) is 3.94. The van der Waals surface area contributed by atoms with Crippen LogP contribution in [0.25, 0.3) is 11.0 Å². The molecule has 0 saturated carbocycles. The molecule has 1 aliphatic rings. The van der Waals surface area contributed by atoms with Crippen molar-refractivity contribution >= 4 is 22.8 Å².